The summed E-state index contributed by atoms with van der Waals surface area (Å²) in [5.41, 5.74) is 0.671. The predicted octanol–water partition coefficient (Wildman–Crippen LogP) is 4.49. The average molecular weight is 649 g/mol. The number of hydrogen-bond donors (Lipinski definition) is 1. The lowest BCUT2D eigenvalue weighted by Crippen LogP contribution is -2.60. The Balaban J connectivity index is 1.64. The molecule has 252 valence electrons. The average Bonchev–Trinajstić information content (AvgIpc) is 3.37. The van der Waals surface area contributed by atoms with Gasteiger partial charge in [0.1, 0.15) is 29.8 Å². The van der Waals surface area contributed by atoms with E-state index in [-0.39, 0.29) is 56.7 Å². The van der Waals surface area contributed by atoms with Gasteiger partial charge in [0.2, 0.25) is 17.7 Å². The van der Waals surface area contributed by atoms with Crippen LogP contribution in [0.1, 0.15) is 44.7 Å². The molecule has 2 fully saturated rings. The molecular weight excluding hydrogens is 603 g/mol. The molecule has 11 heteroatoms. The summed E-state index contributed by atoms with van der Waals surface area (Å²) in [4.78, 5) is 58.4. The Labute approximate surface area is 276 Å². The zero-order valence-corrected chi connectivity index (χ0v) is 27.5. The van der Waals surface area contributed by atoms with Gasteiger partial charge in [-0.2, -0.15) is 0 Å². The SMILES string of the molecule is C=CCOc1cc(F)cc(C[C@@H](C[C@H]2C(=O)N(Cc3ccccc3)CCN2C(=O)OC(C)(C)C)NC(=O)C2CC(=O)N(CC=C)C2)c1. The number of amides is 4. The van der Waals surface area contributed by atoms with Crippen LogP contribution >= 0.6 is 0 Å². The Kier molecular flexibility index (Phi) is 11.8. The Morgan fingerprint density at radius 1 is 1.04 bits per heavy atom. The summed E-state index contributed by atoms with van der Waals surface area (Å²) < 4.78 is 26.0. The van der Waals surface area contributed by atoms with E-state index in [1.165, 1.54) is 17.0 Å². The Hall–Kier alpha value is -4.67. The molecule has 1 N–H and O–H groups in total. The smallest absolute Gasteiger partial charge is 0.411 e. The van der Waals surface area contributed by atoms with Gasteiger partial charge in [-0.3, -0.25) is 19.3 Å². The number of likely N-dealkylation sites (tertiary alicyclic amines) is 1. The van der Waals surface area contributed by atoms with Crippen molar-refractivity contribution >= 4 is 23.8 Å². The van der Waals surface area contributed by atoms with Gasteiger partial charge in [0.05, 0.1) is 5.92 Å². The first-order valence-corrected chi connectivity index (χ1v) is 15.9. The molecule has 2 aliphatic rings. The van der Waals surface area contributed by atoms with Crippen LogP contribution in [0.3, 0.4) is 0 Å². The Morgan fingerprint density at radius 2 is 1.79 bits per heavy atom. The maximum atomic E-state index is 14.7. The highest BCUT2D eigenvalue weighted by molar-refractivity contribution is 5.90. The summed E-state index contributed by atoms with van der Waals surface area (Å²) in [6.07, 6.45) is 2.74. The van der Waals surface area contributed by atoms with Crippen LogP contribution in [0.25, 0.3) is 0 Å². The zero-order valence-electron chi connectivity index (χ0n) is 27.5. The fourth-order valence-electron chi connectivity index (χ4n) is 5.89. The van der Waals surface area contributed by atoms with Crippen molar-refractivity contribution < 1.29 is 33.0 Å². The van der Waals surface area contributed by atoms with E-state index >= 15 is 0 Å². The molecule has 0 spiro atoms. The number of hydrogen-bond acceptors (Lipinski definition) is 6. The number of nitrogens with zero attached hydrogens (tertiary/aromatic N) is 3. The molecule has 4 rings (SSSR count). The maximum Gasteiger partial charge on any atom is 0.411 e. The molecule has 0 aromatic heterocycles. The molecule has 0 radical (unpaired) electrons. The van der Waals surface area contributed by atoms with E-state index in [1.54, 1.807) is 48.8 Å². The molecule has 2 heterocycles. The number of carbonyl (C=O) groups is 4. The van der Waals surface area contributed by atoms with Gasteiger partial charge in [0.15, 0.2) is 0 Å². The van der Waals surface area contributed by atoms with Crippen LogP contribution in [0.4, 0.5) is 9.18 Å². The van der Waals surface area contributed by atoms with Crippen LogP contribution in [-0.4, -0.2) is 89.0 Å². The van der Waals surface area contributed by atoms with Crippen molar-refractivity contribution in [3.05, 3.63) is 90.8 Å². The summed E-state index contributed by atoms with van der Waals surface area (Å²) in [5, 5.41) is 3.04. The van der Waals surface area contributed by atoms with Gasteiger partial charge < -0.3 is 24.6 Å². The molecule has 47 heavy (non-hydrogen) atoms. The first-order chi connectivity index (χ1) is 22.4. The third kappa shape index (κ3) is 9.91. The van der Waals surface area contributed by atoms with Crippen LogP contribution in [0.5, 0.6) is 5.75 Å². The van der Waals surface area contributed by atoms with Crippen molar-refractivity contribution in [1.29, 1.82) is 0 Å². The maximum absolute atomic E-state index is 14.7. The molecule has 2 saturated heterocycles. The first kappa shape index (κ1) is 35.2. The number of carbonyl (C=O) groups excluding carboxylic acids is 4. The van der Waals surface area contributed by atoms with Gasteiger partial charge in [-0.25, -0.2) is 9.18 Å². The Morgan fingerprint density at radius 3 is 2.47 bits per heavy atom. The van der Waals surface area contributed by atoms with Gasteiger partial charge in [-0.05, 0) is 56.9 Å². The van der Waals surface area contributed by atoms with Gasteiger partial charge in [-0.15, -0.1) is 6.58 Å². The molecule has 10 nitrogen and oxygen atoms in total. The minimum atomic E-state index is -0.972. The van der Waals surface area contributed by atoms with Crippen LogP contribution in [-0.2, 0) is 32.1 Å². The van der Waals surface area contributed by atoms with E-state index in [1.807, 2.05) is 30.3 Å². The highest BCUT2D eigenvalue weighted by atomic mass is 19.1. The molecule has 4 amide bonds. The van der Waals surface area contributed by atoms with Gasteiger partial charge in [0, 0.05) is 51.3 Å². The van der Waals surface area contributed by atoms with Gasteiger partial charge in [0.25, 0.3) is 0 Å². The highest BCUT2D eigenvalue weighted by Crippen LogP contribution is 2.25. The third-order valence-corrected chi connectivity index (χ3v) is 8.00. The number of ether oxygens (including phenoxy) is 2. The molecule has 0 saturated carbocycles. The van der Waals surface area contributed by atoms with Crippen LogP contribution in [0.15, 0.2) is 73.8 Å². The number of nitrogens with one attached hydrogen (secondary N) is 1. The lowest BCUT2D eigenvalue weighted by atomic mass is 9.95. The van der Waals surface area contributed by atoms with E-state index in [9.17, 15) is 23.6 Å². The highest BCUT2D eigenvalue weighted by Gasteiger charge is 2.42. The van der Waals surface area contributed by atoms with Crippen molar-refractivity contribution in [3.63, 3.8) is 0 Å². The van der Waals surface area contributed by atoms with E-state index in [4.69, 9.17) is 9.47 Å². The zero-order chi connectivity index (χ0) is 34.1. The molecule has 2 aromatic carbocycles. The van der Waals surface area contributed by atoms with Crippen molar-refractivity contribution in [2.45, 2.75) is 64.3 Å². The summed E-state index contributed by atoms with van der Waals surface area (Å²) in [6, 6.07) is 12.2. The lowest BCUT2D eigenvalue weighted by Gasteiger charge is -2.42. The third-order valence-electron chi connectivity index (χ3n) is 8.00. The fourth-order valence-corrected chi connectivity index (χ4v) is 5.89. The van der Waals surface area contributed by atoms with Crippen LogP contribution in [0.2, 0.25) is 0 Å². The van der Waals surface area contributed by atoms with Crippen LogP contribution in [0, 0.1) is 11.7 Å². The molecule has 2 aliphatic heterocycles. The second-order valence-corrected chi connectivity index (χ2v) is 13.0. The summed E-state index contributed by atoms with van der Waals surface area (Å²) in [7, 11) is 0. The fraction of sp³-hybridized carbons (Fsp3) is 0.444. The van der Waals surface area contributed by atoms with Crippen molar-refractivity contribution in [3.8, 4) is 5.75 Å². The second-order valence-electron chi connectivity index (χ2n) is 13.0. The summed E-state index contributed by atoms with van der Waals surface area (Å²) in [5.74, 6) is -1.63. The van der Waals surface area contributed by atoms with Crippen molar-refractivity contribution in [2.24, 2.45) is 5.92 Å². The number of rotatable bonds is 13. The van der Waals surface area contributed by atoms with Crippen molar-refractivity contribution in [1.82, 2.24) is 20.0 Å². The predicted molar refractivity (Wildman–Crippen MR) is 176 cm³/mol. The molecule has 0 bridgehead atoms. The monoisotopic (exact) mass is 648 g/mol. The molecule has 3 atom stereocenters. The number of benzene rings is 2. The van der Waals surface area contributed by atoms with Gasteiger partial charge in [-0.1, -0.05) is 49.1 Å². The van der Waals surface area contributed by atoms with E-state index in [0.29, 0.717) is 30.9 Å². The molecule has 2 aromatic rings. The second kappa shape index (κ2) is 15.8. The van der Waals surface area contributed by atoms with E-state index in [0.717, 1.165) is 5.56 Å². The standard InChI is InChI=1S/C36H45FN4O6/c1-6-13-39-24-27(20-32(39)42)33(43)38-29(18-26-17-28(37)21-30(19-26)46-16-7-2)22-31-34(44)40(23-25-11-9-8-10-12-25)14-15-41(31)35(45)47-36(3,4)5/h6-12,17,19,21,27,29,31H,1-2,13-16,18,20,22-24H2,3-5H3,(H,38,43)/t27?,29-,31-/m0/s1. The lowest BCUT2D eigenvalue weighted by molar-refractivity contribution is -0.143. The topological polar surface area (TPSA) is 108 Å². The minimum absolute atomic E-state index is 0.0332. The molecular formula is C36H45FN4O6. The van der Waals surface area contributed by atoms with Crippen molar-refractivity contribution in [2.75, 3.05) is 32.8 Å². The van der Waals surface area contributed by atoms with E-state index < -0.39 is 35.5 Å². The summed E-state index contributed by atoms with van der Waals surface area (Å²) >= 11 is 0. The van der Waals surface area contributed by atoms with Gasteiger partial charge >= 0.3 is 6.09 Å². The summed E-state index contributed by atoms with van der Waals surface area (Å²) in [6.45, 7) is 14.2. The molecule has 0 aliphatic carbocycles. The number of piperazine rings is 1. The quantitative estimate of drug-likeness (QED) is 0.321. The van der Waals surface area contributed by atoms with E-state index in [2.05, 4.69) is 18.5 Å². The van der Waals surface area contributed by atoms with Crippen LogP contribution < -0.4 is 10.1 Å². The minimum Gasteiger partial charge on any atom is -0.489 e. The largest absolute Gasteiger partial charge is 0.489 e. The first-order valence-electron chi connectivity index (χ1n) is 15.9. The molecule has 1 unspecified atom stereocenters. The normalized spacial score (nSPS) is 18.9. The Bertz CT molecular complexity index is 1460. The number of halogens is 1.